The molecule has 0 fully saturated rings. The highest BCUT2D eigenvalue weighted by Gasteiger charge is 2.15. The fraction of sp³-hybridized carbons (Fsp3) is 0.286. The Morgan fingerprint density at radius 3 is 2.48 bits per heavy atom. The number of carbonyl (C=O) groups excluding carboxylic acids is 2. The molecule has 40 heavy (non-hydrogen) atoms. The second-order valence-electron chi connectivity index (χ2n) is 9.17. The molecule has 3 N–H and O–H groups in total. The van der Waals surface area contributed by atoms with Crippen molar-refractivity contribution in [2.24, 2.45) is 0 Å². The molecule has 3 rings (SSSR count). The summed E-state index contributed by atoms with van der Waals surface area (Å²) in [5, 5.41) is 9.03. The summed E-state index contributed by atoms with van der Waals surface area (Å²) >= 11 is 6.40. The zero-order valence-corrected chi connectivity index (χ0v) is 24.0. The lowest BCUT2D eigenvalue weighted by Crippen LogP contribution is -2.28. The summed E-state index contributed by atoms with van der Waals surface area (Å²) in [6.45, 7) is 7.29. The summed E-state index contributed by atoms with van der Waals surface area (Å²) in [7, 11) is 7.54. The molecule has 2 amide bonds. The van der Waals surface area contributed by atoms with E-state index in [4.69, 9.17) is 21.1 Å². The van der Waals surface area contributed by atoms with Crippen molar-refractivity contribution in [1.29, 1.82) is 0 Å². The molecule has 0 aliphatic rings. The Hall–Kier alpha value is -4.35. The van der Waals surface area contributed by atoms with E-state index in [0.717, 1.165) is 24.3 Å². The number of aryl methyl sites for hydroxylation is 1. The van der Waals surface area contributed by atoms with Crippen LogP contribution in [0.1, 0.15) is 11.1 Å². The fourth-order valence-corrected chi connectivity index (χ4v) is 3.95. The largest absolute Gasteiger partial charge is 0.495 e. The number of ether oxygens (including phenoxy) is 2. The SMILES string of the molecule is C=CC(=O)Nc1cc(N(C)CCN(C)C)cc(C)c1Nc1ncc(OCc2cc(NC=O)cc(OC)c2Cl)cn1. The predicted molar refractivity (Wildman–Crippen MR) is 159 cm³/mol. The monoisotopic (exact) mass is 567 g/mol. The summed E-state index contributed by atoms with van der Waals surface area (Å²) in [6, 6.07) is 7.24. The number of likely N-dealkylation sites (N-methyl/N-ethyl adjacent to an activating group) is 2. The summed E-state index contributed by atoms with van der Waals surface area (Å²) in [6.07, 6.45) is 4.83. The first-order valence-corrected chi connectivity index (χ1v) is 12.7. The predicted octanol–water partition coefficient (Wildman–Crippen LogP) is 4.46. The maximum absolute atomic E-state index is 12.2. The smallest absolute Gasteiger partial charge is 0.247 e. The molecule has 0 atom stereocenters. The van der Waals surface area contributed by atoms with Gasteiger partial charge in [-0.05, 0) is 50.9 Å². The van der Waals surface area contributed by atoms with E-state index in [2.05, 4.69) is 42.3 Å². The molecule has 0 aliphatic carbocycles. The van der Waals surface area contributed by atoms with Crippen LogP contribution in [0.15, 0.2) is 49.3 Å². The third-order valence-corrected chi connectivity index (χ3v) is 6.34. The standard InChI is InChI=1S/C28H34ClN7O4/c1-7-25(38)33-23-13-21(36(5)9-8-35(3)4)10-18(2)27(23)34-28-30-14-22(15-31-28)40-16-19-11-20(32-17-37)12-24(39-6)26(19)29/h7,10-15,17H,1,8-9,16H2,2-6H3,(H,32,37)(H,33,38)(H,30,31,34). The Morgan fingerprint density at radius 1 is 1.12 bits per heavy atom. The minimum Gasteiger partial charge on any atom is -0.495 e. The third-order valence-electron chi connectivity index (χ3n) is 5.91. The second-order valence-corrected chi connectivity index (χ2v) is 9.55. The van der Waals surface area contributed by atoms with Crippen molar-refractivity contribution < 1.29 is 19.1 Å². The molecule has 212 valence electrons. The molecule has 12 heteroatoms. The maximum Gasteiger partial charge on any atom is 0.247 e. The Labute approximate surface area is 239 Å². The summed E-state index contributed by atoms with van der Waals surface area (Å²) in [5.41, 5.74) is 4.22. The Morgan fingerprint density at radius 2 is 1.85 bits per heavy atom. The van der Waals surface area contributed by atoms with Crippen molar-refractivity contribution in [3.05, 3.63) is 65.5 Å². The zero-order valence-electron chi connectivity index (χ0n) is 23.2. The maximum atomic E-state index is 12.2. The van der Waals surface area contributed by atoms with Crippen molar-refractivity contribution in [2.45, 2.75) is 13.5 Å². The number of nitrogens with zero attached hydrogens (tertiary/aromatic N) is 4. The van der Waals surface area contributed by atoms with Gasteiger partial charge in [0.15, 0.2) is 5.75 Å². The van der Waals surface area contributed by atoms with Gasteiger partial charge >= 0.3 is 0 Å². The number of rotatable bonds is 14. The van der Waals surface area contributed by atoms with Gasteiger partial charge in [0.05, 0.1) is 35.9 Å². The van der Waals surface area contributed by atoms with Crippen LogP contribution in [0.4, 0.5) is 28.7 Å². The number of aromatic nitrogens is 2. The molecule has 3 aromatic rings. The van der Waals surface area contributed by atoms with E-state index in [0.29, 0.717) is 51.5 Å². The minimum atomic E-state index is -0.331. The summed E-state index contributed by atoms with van der Waals surface area (Å²) in [5.74, 6) is 0.801. The lowest BCUT2D eigenvalue weighted by molar-refractivity contribution is -0.112. The average Bonchev–Trinajstić information content (AvgIpc) is 2.94. The molecule has 1 heterocycles. The lowest BCUT2D eigenvalue weighted by Gasteiger charge is -2.24. The number of carbonyl (C=O) groups is 2. The first-order valence-electron chi connectivity index (χ1n) is 12.4. The van der Waals surface area contributed by atoms with E-state index < -0.39 is 0 Å². The van der Waals surface area contributed by atoms with Crippen LogP contribution >= 0.6 is 11.6 Å². The van der Waals surface area contributed by atoms with Gasteiger partial charge in [-0.15, -0.1) is 0 Å². The van der Waals surface area contributed by atoms with Crippen LogP contribution in [-0.4, -0.2) is 68.5 Å². The van der Waals surface area contributed by atoms with Crippen molar-refractivity contribution in [3.63, 3.8) is 0 Å². The van der Waals surface area contributed by atoms with Gasteiger partial charge in [0, 0.05) is 43.1 Å². The molecule has 11 nitrogen and oxygen atoms in total. The van der Waals surface area contributed by atoms with Gasteiger partial charge < -0.3 is 35.2 Å². The van der Waals surface area contributed by atoms with Gasteiger partial charge in [0.2, 0.25) is 18.3 Å². The third kappa shape index (κ3) is 8.08. The topological polar surface area (TPSA) is 121 Å². The van der Waals surface area contributed by atoms with Crippen molar-refractivity contribution in [3.8, 4) is 11.5 Å². The molecular formula is C28H34ClN7O4. The number of nitrogens with one attached hydrogen (secondary N) is 3. The van der Waals surface area contributed by atoms with Crippen LogP contribution < -0.4 is 30.3 Å². The molecule has 0 bridgehead atoms. The van der Waals surface area contributed by atoms with Gasteiger partial charge in [0.1, 0.15) is 12.4 Å². The molecule has 2 aromatic carbocycles. The highest BCUT2D eigenvalue weighted by molar-refractivity contribution is 6.33. The first-order chi connectivity index (χ1) is 19.1. The van der Waals surface area contributed by atoms with Crippen LogP contribution in [0.25, 0.3) is 0 Å². The molecule has 0 spiro atoms. The zero-order chi connectivity index (χ0) is 29.2. The van der Waals surface area contributed by atoms with Crippen LogP contribution in [-0.2, 0) is 16.2 Å². The van der Waals surface area contributed by atoms with E-state index in [1.54, 1.807) is 12.1 Å². The number of methoxy groups -OCH3 is 1. The number of halogens is 1. The van der Waals surface area contributed by atoms with Gasteiger partial charge in [-0.3, -0.25) is 9.59 Å². The molecule has 1 aromatic heterocycles. The minimum absolute atomic E-state index is 0.0966. The molecule has 0 saturated heterocycles. The summed E-state index contributed by atoms with van der Waals surface area (Å²) < 4.78 is 11.1. The Kier molecular flexibility index (Phi) is 10.7. The Balaban J connectivity index is 1.78. The number of benzene rings is 2. The fourth-order valence-electron chi connectivity index (χ4n) is 3.70. The van der Waals surface area contributed by atoms with Gasteiger partial charge in [-0.25, -0.2) is 9.97 Å². The van der Waals surface area contributed by atoms with Crippen LogP contribution in [0, 0.1) is 6.92 Å². The Bertz CT molecular complexity index is 1350. The first kappa shape index (κ1) is 30.2. The molecule has 0 unspecified atom stereocenters. The molecule has 0 radical (unpaired) electrons. The van der Waals surface area contributed by atoms with E-state index >= 15 is 0 Å². The molecule has 0 aliphatic heterocycles. The van der Waals surface area contributed by atoms with Crippen LogP contribution in [0.5, 0.6) is 11.5 Å². The summed E-state index contributed by atoms with van der Waals surface area (Å²) in [4.78, 5) is 36.0. The van der Waals surface area contributed by atoms with Crippen molar-refractivity contribution >= 4 is 52.6 Å². The second kappa shape index (κ2) is 14.2. The van der Waals surface area contributed by atoms with Crippen molar-refractivity contribution in [2.75, 3.05) is 62.2 Å². The number of hydrogen-bond acceptors (Lipinski definition) is 9. The van der Waals surface area contributed by atoms with Crippen LogP contribution in [0.3, 0.4) is 0 Å². The number of amides is 2. The van der Waals surface area contributed by atoms with E-state index in [1.165, 1.54) is 25.6 Å². The van der Waals surface area contributed by atoms with Gasteiger partial charge in [-0.2, -0.15) is 0 Å². The lowest BCUT2D eigenvalue weighted by atomic mass is 10.1. The number of hydrogen-bond donors (Lipinski definition) is 3. The van der Waals surface area contributed by atoms with E-state index in [-0.39, 0.29) is 12.5 Å². The number of anilines is 5. The highest BCUT2D eigenvalue weighted by Crippen LogP contribution is 2.34. The van der Waals surface area contributed by atoms with Crippen molar-refractivity contribution in [1.82, 2.24) is 14.9 Å². The van der Waals surface area contributed by atoms with Gasteiger partial charge in [-0.1, -0.05) is 18.2 Å². The van der Waals surface area contributed by atoms with E-state index in [9.17, 15) is 9.59 Å². The average molecular weight is 568 g/mol. The molecule has 0 saturated carbocycles. The highest BCUT2D eigenvalue weighted by atomic mass is 35.5. The molecular weight excluding hydrogens is 534 g/mol. The normalized spacial score (nSPS) is 10.6. The van der Waals surface area contributed by atoms with Gasteiger partial charge in [0.25, 0.3) is 0 Å². The quantitative estimate of drug-likeness (QED) is 0.191. The van der Waals surface area contributed by atoms with E-state index in [1.807, 2.05) is 40.2 Å². The van der Waals surface area contributed by atoms with Crippen LogP contribution in [0.2, 0.25) is 5.02 Å².